The lowest BCUT2D eigenvalue weighted by Gasteiger charge is -1.99. The summed E-state index contributed by atoms with van der Waals surface area (Å²) in [5, 5.41) is 0. The van der Waals surface area contributed by atoms with Gasteiger partial charge in [-0.05, 0) is 24.3 Å². The molecule has 0 bridgehead atoms. The van der Waals surface area contributed by atoms with Crippen LogP contribution in [-0.2, 0) is 0 Å². The number of rotatable bonds is 0. The fourth-order valence-electron chi connectivity index (χ4n) is 1.57. The number of aromatic nitrogens is 3. The number of hydrogen-bond acceptors (Lipinski definition) is 3. The number of pyridine rings is 3. The molecule has 3 rings (SSSR count). The summed E-state index contributed by atoms with van der Waals surface area (Å²) in [5.41, 5.74) is 2.98. The van der Waals surface area contributed by atoms with E-state index in [1.165, 1.54) is 6.07 Å². The van der Waals surface area contributed by atoms with Gasteiger partial charge in [-0.3, -0.25) is 9.78 Å². The molecule has 0 atom stereocenters. The highest BCUT2D eigenvalue weighted by atomic mass is 16.1. The van der Waals surface area contributed by atoms with Gasteiger partial charge in [-0.2, -0.15) is 0 Å². The summed E-state index contributed by atoms with van der Waals surface area (Å²) in [5.74, 6) is 0. The van der Waals surface area contributed by atoms with E-state index in [0.29, 0.717) is 5.52 Å². The van der Waals surface area contributed by atoms with Gasteiger partial charge in [0.2, 0.25) is 5.56 Å². The Labute approximate surface area is 84.6 Å². The minimum Gasteiger partial charge on any atom is -0.321 e. The van der Waals surface area contributed by atoms with Crippen LogP contribution in [0.15, 0.2) is 41.3 Å². The fourth-order valence-corrected chi connectivity index (χ4v) is 1.57. The first-order chi connectivity index (χ1) is 7.33. The van der Waals surface area contributed by atoms with E-state index in [2.05, 4.69) is 15.0 Å². The molecule has 0 aliphatic carbocycles. The highest BCUT2D eigenvalue weighted by Gasteiger charge is 1.99. The molecule has 0 radical (unpaired) electrons. The maximum absolute atomic E-state index is 11.1. The predicted molar refractivity (Wildman–Crippen MR) is 57.7 cm³/mol. The first kappa shape index (κ1) is 8.11. The second kappa shape index (κ2) is 2.88. The van der Waals surface area contributed by atoms with Crippen molar-refractivity contribution in [2.75, 3.05) is 0 Å². The van der Waals surface area contributed by atoms with Crippen LogP contribution < -0.4 is 5.56 Å². The Bertz CT molecular complexity index is 703. The Kier molecular flexibility index (Phi) is 1.56. The number of nitrogens with zero attached hydrogens (tertiary/aromatic N) is 2. The van der Waals surface area contributed by atoms with Crippen LogP contribution in [0, 0.1) is 0 Å². The van der Waals surface area contributed by atoms with Crippen molar-refractivity contribution >= 4 is 22.1 Å². The predicted octanol–water partition coefficient (Wildman–Crippen LogP) is 1.47. The van der Waals surface area contributed by atoms with Crippen molar-refractivity contribution in [2.24, 2.45) is 0 Å². The van der Waals surface area contributed by atoms with E-state index in [-0.39, 0.29) is 5.56 Å². The molecule has 0 unspecified atom stereocenters. The van der Waals surface area contributed by atoms with Gasteiger partial charge in [0, 0.05) is 12.3 Å². The lowest BCUT2D eigenvalue weighted by atomic mass is 10.2. The van der Waals surface area contributed by atoms with Crippen molar-refractivity contribution < 1.29 is 0 Å². The molecule has 15 heavy (non-hydrogen) atoms. The lowest BCUT2D eigenvalue weighted by molar-refractivity contribution is 1.28. The Hall–Kier alpha value is -2.23. The highest BCUT2D eigenvalue weighted by molar-refractivity contribution is 5.87. The Morgan fingerprint density at radius 3 is 2.93 bits per heavy atom. The first-order valence-electron chi connectivity index (χ1n) is 4.58. The summed E-state index contributed by atoms with van der Waals surface area (Å²) < 4.78 is 0. The average molecular weight is 197 g/mol. The maximum Gasteiger partial charge on any atom is 0.248 e. The van der Waals surface area contributed by atoms with Crippen molar-refractivity contribution in [3.05, 3.63) is 46.9 Å². The van der Waals surface area contributed by atoms with E-state index in [1.54, 1.807) is 12.3 Å². The van der Waals surface area contributed by atoms with Crippen LogP contribution in [0.5, 0.6) is 0 Å². The third-order valence-electron chi connectivity index (χ3n) is 2.26. The van der Waals surface area contributed by atoms with Crippen molar-refractivity contribution in [1.82, 2.24) is 15.0 Å². The number of aromatic amines is 1. The normalized spacial score (nSPS) is 10.9. The standard InChI is InChI=1S/C11H7N3O/c15-11-4-3-8-10(14-11)6-9-7(13-8)2-1-5-12-9/h1-6H,(H,14,15). The Balaban J connectivity index is 2.53. The van der Waals surface area contributed by atoms with E-state index in [9.17, 15) is 4.79 Å². The topological polar surface area (TPSA) is 58.6 Å². The molecule has 4 heteroatoms. The van der Waals surface area contributed by atoms with Crippen molar-refractivity contribution in [3.63, 3.8) is 0 Å². The number of fused-ring (bicyclic) bond motifs is 2. The lowest BCUT2D eigenvalue weighted by Crippen LogP contribution is -2.03. The summed E-state index contributed by atoms with van der Waals surface area (Å²) >= 11 is 0. The van der Waals surface area contributed by atoms with Gasteiger partial charge in [0.1, 0.15) is 0 Å². The van der Waals surface area contributed by atoms with Gasteiger partial charge >= 0.3 is 0 Å². The van der Waals surface area contributed by atoms with Crippen molar-refractivity contribution in [1.29, 1.82) is 0 Å². The van der Waals surface area contributed by atoms with Gasteiger partial charge in [-0.1, -0.05) is 0 Å². The fraction of sp³-hybridized carbons (Fsp3) is 0. The monoisotopic (exact) mass is 197 g/mol. The average Bonchev–Trinajstić information content (AvgIpc) is 2.26. The van der Waals surface area contributed by atoms with Crippen molar-refractivity contribution in [2.45, 2.75) is 0 Å². The number of hydrogen-bond donors (Lipinski definition) is 1. The quantitative estimate of drug-likeness (QED) is 0.555. The molecule has 4 nitrogen and oxygen atoms in total. The van der Waals surface area contributed by atoms with Gasteiger partial charge in [0.15, 0.2) is 0 Å². The minimum atomic E-state index is -0.125. The van der Waals surface area contributed by atoms with Crippen LogP contribution >= 0.6 is 0 Å². The van der Waals surface area contributed by atoms with E-state index in [0.717, 1.165) is 16.6 Å². The molecule has 0 aliphatic rings. The van der Waals surface area contributed by atoms with E-state index >= 15 is 0 Å². The Morgan fingerprint density at radius 1 is 1.07 bits per heavy atom. The maximum atomic E-state index is 11.1. The van der Waals surface area contributed by atoms with Gasteiger partial charge in [0.25, 0.3) is 0 Å². The van der Waals surface area contributed by atoms with Gasteiger partial charge in [0.05, 0.1) is 22.1 Å². The molecule has 3 aromatic rings. The molecule has 1 N–H and O–H groups in total. The molecule has 0 spiro atoms. The third-order valence-corrected chi connectivity index (χ3v) is 2.26. The largest absolute Gasteiger partial charge is 0.321 e. The van der Waals surface area contributed by atoms with Crippen LogP contribution in [0.25, 0.3) is 22.1 Å². The zero-order chi connectivity index (χ0) is 10.3. The van der Waals surface area contributed by atoms with Crippen molar-refractivity contribution in [3.8, 4) is 0 Å². The molecule has 72 valence electrons. The number of H-pyrrole nitrogens is 1. The van der Waals surface area contributed by atoms with Crippen LogP contribution in [0.4, 0.5) is 0 Å². The molecular formula is C11H7N3O. The second-order valence-corrected chi connectivity index (χ2v) is 3.29. The smallest absolute Gasteiger partial charge is 0.248 e. The summed E-state index contributed by atoms with van der Waals surface area (Å²) in [6.07, 6.45) is 1.71. The van der Waals surface area contributed by atoms with Gasteiger partial charge in [-0.25, -0.2) is 4.98 Å². The van der Waals surface area contributed by atoms with Crippen LogP contribution in [0.3, 0.4) is 0 Å². The second-order valence-electron chi connectivity index (χ2n) is 3.29. The number of nitrogens with one attached hydrogen (secondary N) is 1. The van der Waals surface area contributed by atoms with E-state index in [4.69, 9.17) is 0 Å². The first-order valence-corrected chi connectivity index (χ1v) is 4.58. The van der Waals surface area contributed by atoms with Gasteiger partial charge < -0.3 is 4.98 Å². The minimum absolute atomic E-state index is 0.125. The molecule has 3 aromatic heterocycles. The molecule has 0 fully saturated rings. The molecule has 0 aliphatic heterocycles. The zero-order valence-corrected chi connectivity index (χ0v) is 7.77. The van der Waals surface area contributed by atoms with Gasteiger partial charge in [-0.15, -0.1) is 0 Å². The Morgan fingerprint density at radius 2 is 2.00 bits per heavy atom. The molecule has 0 saturated carbocycles. The summed E-state index contributed by atoms with van der Waals surface area (Å²) in [4.78, 5) is 22.4. The highest BCUT2D eigenvalue weighted by Crippen LogP contribution is 2.13. The molecule has 0 saturated heterocycles. The molecule has 0 aromatic carbocycles. The third kappa shape index (κ3) is 1.27. The molecule has 0 amide bonds. The zero-order valence-electron chi connectivity index (χ0n) is 7.77. The molecule has 3 heterocycles. The summed E-state index contributed by atoms with van der Waals surface area (Å²) in [7, 11) is 0. The summed E-state index contributed by atoms with van der Waals surface area (Å²) in [6.45, 7) is 0. The van der Waals surface area contributed by atoms with Crippen LogP contribution in [0.1, 0.15) is 0 Å². The summed E-state index contributed by atoms with van der Waals surface area (Å²) in [6, 6.07) is 8.75. The van der Waals surface area contributed by atoms with Crippen LogP contribution in [0.2, 0.25) is 0 Å². The SMILES string of the molecule is O=c1ccc2nc3cccnc3cc2[nH]1. The van der Waals surface area contributed by atoms with E-state index in [1.807, 2.05) is 18.2 Å². The molecular weight excluding hydrogens is 190 g/mol. The van der Waals surface area contributed by atoms with E-state index < -0.39 is 0 Å². The van der Waals surface area contributed by atoms with Crippen LogP contribution in [-0.4, -0.2) is 15.0 Å².